The van der Waals surface area contributed by atoms with E-state index in [1.165, 1.54) is 58.9 Å². The fourth-order valence-corrected chi connectivity index (χ4v) is 4.06. The van der Waals surface area contributed by atoms with Gasteiger partial charge in [0, 0.05) is 10.3 Å². The van der Waals surface area contributed by atoms with E-state index in [4.69, 9.17) is 4.74 Å². The van der Waals surface area contributed by atoms with Gasteiger partial charge in [-0.1, -0.05) is 50.5 Å². The monoisotopic (exact) mass is 324 g/mol. The molecule has 0 amide bonds. The highest BCUT2D eigenvalue weighted by atomic mass is 32.1. The van der Waals surface area contributed by atoms with Crippen molar-refractivity contribution in [1.82, 2.24) is 0 Å². The molecule has 23 heavy (non-hydrogen) atoms. The van der Waals surface area contributed by atoms with Crippen molar-refractivity contribution in [3.8, 4) is 16.2 Å². The molecule has 0 N–H and O–H groups in total. The first-order valence-corrected chi connectivity index (χ1v) is 9.35. The summed E-state index contributed by atoms with van der Waals surface area (Å²) < 4.78 is 5.50. The highest BCUT2D eigenvalue weighted by Gasteiger charge is 2.10. The number of ether oxygens (including phenoxy) is 1. The van der Waals surface area contributed by atoms with E-state index in [0.717, 1.165) is 5.75 Å². The molecule has 0 bridgehead atoms. The molecule has 1 heterocycles. The van der Waals surface area contributed by atoms with Crippen molar-refractivity contribution in [1.29, 1.82) is 0 Å². The molecule has 2 heteroatoms. The van der Waals surface area contributed by atoms with Gasteiger partial charge in [0.05, 0.1) is 7.11 Å². The first-order chi connectivity index (χ1) is 11.3. The van der Waals surface area contributed by atoms with Gasteiger partial charge in [-0.05, 0) is 52.9 Å². The zero-order chi connectivity index (χ0) is 16.1. The van der Waals surface area contributed by atoms with Crippen LogP contribution in [0.25, 0.3) is 21.2 Å². The zero-order valence-corrected chi connectivity index (χ0v) is 14.8. The lowest BCUT2D eigenvalue weighted by Gasteiger charge is -2.09. The van der Waals surface area contributed by atoms with Gasteiger partial charge in [-0.15, -0.1) is 11.3 Å². The molecule has 1 nitrogen and oxygen atoms in total. The molecule has 0 fully saturated rings. The Morgan fingerprint density at radius 2 is 1.78 bits per heavy atom. The largest absolute Gasteiger partial charge is 0.496 e. The maximum Gasteiger partial charge on any atom is 0.126 e. The predicted octanol–water partition coefficient (Wildman–Crippen LogP) is 6.70. The minimum Gasteiger partial charge on any atom is -0.496 e. The van der Waals surface area contributed by atoms with Crippen molar-refractivity contribution >= 4 is 22.1 Å². The molecule has 0 aliphatic rings. The van der Waals surface area contributed by atoms with Crippen LogP contribution in [0.2, 0.25) is 0 Å². The minimum atomic E-state index is 0.945. The molecule has 3 rings (SSSR count). The standard InChI is InChI=1S/C21H24OS/c1-3-4-5-6-9-16-14-21(23-15-16)19-12-13-20(22-2)18-11-8-7-10-17(18)19/h7-8,10-15H,3-6,9H2,1-2H3. The third-order valence-corrected chi connectivity index (χ3v) is 5.35. The number of methoxy groups -OCH3 is 1. The van der Waals surface area contributed by atoms with Crippen LogP contribution in [0.3, 0.4) is 0 Å². The smallest absolute Gasteiger partial charge is 0.126 e. The molecule has 1 aromatic heterocycles. The van der Waals surface area contributed by atoms with Gasteiger partial charge >= 0.3 is 0 Å². The average Bonchev–Trinajstić information content (AvgIpc) is 3.06. The van der Waals surface area contributed by atoms with Gasteiger partial charge in [0.1, 0.15) is 5.75 Å². The number of aryl methyl sites for hydroxylation is 1. The third-order valence-electron chi connectivity index (χ3n) is 4.34. The quantitative estimate of drug-likeness (QED) is 0.439. The number of benzene rings is 2. The van der Waals surface area contributed by atoms with Crippen molar-refractivity contribution in [2.45, 2.75) is 39.0 Å². The maximum absolute atomic E-state index is 5.50. The molecule has 0 spiro atoms. The Morgan fingerprint density at radius 1 is 0.957 bits per heavy atom. The highest BCUT2D eigenvalue weighted by Crippen LogP contribution is 2.37. The molecule has 0 saturated carbocycles. The van der Waals surface area contributed by atoms with E-state index in [1.54, 1.807) is 7.11 Å². The van der Waals surface area contributed by atoms with E-state index in [-0.39, 0.29) is 0 Å². The number of rotatable bonds is 7. The summed E-state index contributed by atoms with van der Waals surface area (Å²) in [5.41, 5.74) is 2.78. The first kappa shape index (κ1) is 16.1. The lowest BCUT2D eigenvalue weighted by Crippen LogP contribution is -1.86. The maximum atomic E-state index is 5.50. The second-order valence-electron chi connectivity index (χ2n) is 5.99. The highest BCUT2D eigenvalue weighted by molar-refractivity contribution is 7.13. The van der Waals surface area contributed by atoms with Crippen molar-refractivity contribution < 1.29 is 4.74 Å². The normalized spacial score (nSPS) is 11.0. The van der Waals surface area contributed by atoms with Crippen LogP contribution >= 0.6 is 11.3 Å². The Balaban J connectivity index is 1.88. The molecule has 120 valence electrons. The van der Waals surface area contributed by atoms with Gasteiger partial charge < -0.3 is 4.74 Å². The van der Waals surface area contributed by atoms with Crippen LogP contribution < -0.4 is 4.74 Å². The molecule has 0 saturated heterocycles. The minimum absolute atomic E-state index is 0.945. The van der Waals surface area contributed by atoms with Crippen molar-refractivity contribution in [2.75, 3.05) is 7.11 Å². The van der Waals surface area contributed by atoms with Gasteiger partial charge in [0.25, 0.3) is 0 Å². The summed E-state index contributed by atoms with van der Waals surface area (Å²) in [6.07, 6.45) is 6.48. The SMILES string of the molecule is CCCCCCc1csc(-c2ccc(OC)c3ccccc23)c1. The van der Waals surface area contributed by atoms with Crippen LogP contribution in [0, 0.1) is 0 Å². The molecule has 0 aliphatic carbocycles. The van der Waals surface area contributed by atoms with Gasteiger partial charge in [-0.25, -0.2) is 0 Å². The molecule has 0 aliphatic heterocycles. The van der Waals surface area contributed by atoms with Crippen molar-refractivity contribution in [3.05, 3.63) is 53.4 Å². The van der Waals surface area contributed by atoms with Crippen molar-refractivity contribution in [3.63, 3.8) is 0 Å². The summed E-state index contributed by atoms with van der Waals surface area (Å²) in [6, 6.07) is 15.1. The molecule has 0 atom stereocenters. The van der Waals surface area contributed by atoms with E-state index >= 15 is 0 Å². The van der Waals surface area contributed by atoms with Crippen LogP contribution in [0.15, 0.2) is 47.8 Å². The van der Waals surface area contributed by atoms with E-state index in [9.17, 15) is 0 Å². The number of thiophene rings is 1. The Kier molecular flexibility index (Phi) is 5.35. The number of unbranched alkanes of at least 4 members (excludes halogenated alkanes) is 3. The van der Waals surface area contributed by atoms with Crippen LogP contribution in [0.1, 0.15) is 38.2 Å². The summed E-state index contributed by atoms with van der Waals surface area (Å²) >= 11 is 1.85. The molecule has 0 unspecified atom stereocenters. The molecular formula is C21H24OS. The Bertz CT molecular complexity index is 772. The Hall–Kier alpha value is -1.80. The predicted molar refractivity (Wildman–Crippen MR) is 102 cm³/mol. The van der Waals surface area contributed by atoms with Gasteiger partial charge in [-0.2, -0.15) is 0 Å². The zero-order valence-electron chi connectivity index (χ0n) is 14.0. The Labute approximate surface area is 142 Å². The topological polar surface area (TPSA) is 9.23 Å². The fraction of sp³-hybridized carbons (Fsp3) is 0.333. The number of fused-ring (bicyclic) bond motifs is 1. The van der Waals surface area contributed by atoms with Gasteiger partial charge in [0.15, 0.2) is 0 Å². The van der Waals surface area contributed by atoms with Crippen LogP contribution in [-0.2, 0) is 6.42 Å². The first-order valence-electron chi connectivity index (χ1n) is 8.47. The van der Waals surface area contributed by atoms with E-state index < -0.39 is 0 Å². The molecular weight excluding hydrogens is 300 g/mol. The lowest BCUT2D eigenvalue weighted by atomic mass is 10.0. The van der Waals surface area contributed by atoms with E-state index in [2.05, 4.69) is 54.8 Å². The second-order valence-corrected chi connectivity index (χ2v) is 6.90. The van der Waals surface area contributed by atoms with Gasteiger partial charge in [0.2, 0.25) is 0 Å². The number of hydrogen-bond donors (Lipinski definition) is 0. The van der Waals surface area contributed by atoms with Crippen LogP contribution in [-0.4, -0.2) is 7.11 Å². The Morgan fingerprint density at radius 3 is 2.57 bits per heavy atom. The van der Waals surface area contributed by atoms with E-state index in [1.807, 2.05) is 11.3 Å². The number of hydrogen-bond acceptors (Lipinski definition) is 2. The third kappa shape index (κ3) is 3.59. The summed E-state index contributed by atoms with van der Waals surface area (Å²) in [5, 5.41) is 4.77. The van der Waals surface area contributed by atoms with Crippen LogP contribution in [0.5, 0.6) is 5.75 Å². The van der Waals surface area contributed by atoms with Gasteiger partial charge in [-0.3, -0.25) is 0 Å². The summed E-state index contributed by atoms with van der Waals surface area (Å²) in [6.45, 7) is 2.26. The second kappa shape index (κ2) is 7.65. The van der Waals surface area contributed by atoms with E-state index in [0.29, 0.717) is 0 Å². The molecule has 2 aromatic carbocycles. The van der Waals surface area contributed by atoms with Crippen LogP contribution in [0.4, 0.5) is 0 Å². The summed E-state index contributed by atoms with van der Waals surface area (Å²) in [5.74, 6) is 0.945. The lowest BCUT2D eigenvalue weighted by molar-refractivity contribution is 0.420. The average molecular weight is 324 g/mol. The molecule has 0 radical (unpaired) electrons. The fourth-order valence-electron chi connectivity index (χ4n) is 3.07. The summed E-state index contributed by atoms with van der Waals surface area (Å²) in [7, 11) is 1.74. The summed E-state index contributed by atoms with van der Waals surface area (Å²) in [4.78, 5) is 1.36. The van der Waals surface area contributed by atoms with Crippen molar-refractivity contribution in [2.24, 2.45) is 0 Å². The molecule has 3 aromatic rings.